The number of nitrogens with one attached hydrogen (secondary N) is 1. The van der Waals surface area contributed by atoms with E-state index in [1.54, 1.807) is 6.07 Å². The molecule has 0 radical (unpaired) electrons. The molecule has 0 aromatic heterocycles. The highest BCUT2D eigenvalue weighted by atomic mass is 19.1. The Balaban J connectivity index is 2.73. The number of anilines is 2. The van der Waals surface area contributed by atoms with Gasteiger partial charge in [0.1, 0.15) is 5.82 Å². The zero-order valence-corrected chi connectivity index (χ0v) is 12.1. The summed E-state index contributed by atoms with van der Waals surface area (Å²) in [6.45, 7) is 9.33. The van der Waals surface area contributed by atoms with Crippen molar-refractivity contribution < 1.29 is 4.39 Å². The summed E-state index contributed by atoms with van der Waals surface area (Å²) in [5, 5.41) is 3.27. The van der Waals surface area contributed by atoms with Crippen molar-refractivity contribution in [2.45, 2.75) is 40.2 Å². The minimum Gasteiger partial charge on any atom is -0.385 e. The fraction of sp³-hybridized carbons (Fsp3) is 0.600. The van der Waals surface area contributed by atoms with Gasteiger partial charge in [-0.2, -0.15) is 0 Å². The maximum atomic E-state index is 14.0. The van der Waals surface area contributed by atoms with Gasteiger partial charge in [0.25, 0.3) is 0 Å². The van der Waals surface area contributed by atoms with Gasteiger partial charge in [-0.25, -0.2) is 4.39 Å². The Morgan fingerprint density at radius 3 is 2.44 bits per heavy atom. The highest BCUT2D eigenvalue weighted by Gasteiger charge is 2.11. The van der Waals surface area contributed by atoms with Crippen molar-refractivity contribution in [3.63, 3.8) is 0 Å². The third kappa shape index (κ3) is 3.90. The summed E-state index contributed by atoms with van der Waals surface area (Å²) in [5.74, 6) is 0.437. The molecule has 18 heavy (non-hydrogen) atoms. The minimum absolute atomic E-state index is 0.166. The van der Waals surface area contributed by atoms with Crippen LogP contribution in [0.2, 0.25) is 0 Å². The first-order chi connectivity index (χ1) is 8.45. The van der Waals surface area contributed by atoms with Crippen molar-refractivity contribution in [2.75, 3.05) is 23.8 Å². The smallest absolute Gasteiger partial charge is 0.148 e. The van der Waals surface area contributed by atoms with Crippen LogP contribution in [-0.4, -0.2) is 19.6 Å². The molecule has 0 aliphatic rings. The van der Waals surface area contributed by atoms with Gasteiger partial charge in [0.15, 0.2) is 0 Å². The van der Waals surface area contributed by atoms with Crippen molar-refractivity contribution >= 4 is 11.4 Å². The van der Waals surface area contributed by atoms with E-state index in [4.69, 9.17) is 0 Å². The van der Waals surface area contributed by atoms with Crippen LogP contribution in [0, 0.1) is 11.7 Å². The second-order valence-corrected chi connectivity index (χ2v) is 5.27. The van der Waals surface area contributed by atoms with Gasteiger partial charge >= 0.3 is 0 Å². The fourth-order valence-corrected chi connectivity index (χ4v) is 1.62. The van der Waals surface area contributed by atoms with Gasteiger partial charge in [-0.1, -0.05) is 20.3 Å². The van der Waals surface area contributed by atoms with Crippen molar-refractivity contribution in [3.8, 4) is 0 Å². The van der Waals surface area contributed by atoms with E-state index < -0.39 is 0 Å². The number of hydrogen-bond acceptors (Lipinski definition) is 2. The molecule has 1 rings (SSSR count). The Morgan fingerprint density at radius 2 is 1.94 bits per heavy atom. The molecule has 0 aliphatic heterocycles. The molecule has 1 atom stereocenters. The predicted octanol–water partition coefficient (Wildman–Crippen LogP) is 4.13. The molecule has 1 aromatic carbocycles. The lowest BCUT2D eigenvalue weighted by atomic mass is 10.1. The first-order valence-corrected chi connectivity index (χ1v) is 6.72. The normalized spacial score (nSPS) is 12.6. The Labute approximate surface area is 110 Å². The molecule has 0 saturated heterocycles. The Kier molecular flexibility index (Phi) is 5.45. The van der Waals surface area contributed by atoms with E-state index in [0.29, 0.717) is 17.6 Å². The summed E-state index contributed by atoms with van der Waals surface area (Å²) in [6.07, 6.45) is 1.13. The van der Waals surface area contributed by atoms with Gasteiger partial charge in [0.05, 0.1) is 5.69 Å². The quantitative estimate of drug-likeness (QED) is 0.819. The van der Waals surface area contributed by atoms with E-state index in [-0.39, 0.29) is 5.82 Å². The van der Waals surface area contributed by atoms with Crippen LogP contribution in [0.1, 0.15) is 34.1 Å². The van der Waals surface area contributed by atoms with E-state index >= 15 is 0 Å². The van der Waals surface area contributed by atoms with Crippen LogP contribution in [0.5, 0.6) is 0 Å². The number of benzene rings is 1. The van der Waals surface area contributed by atoms with Crippen LogP contribution >= 0.6 is 0 Å². The first-order valence-electron chi connectivity index (χ1n) is 6.72. The predicted molar refractivity (Wildman–Crippen MR) is 77.9 cm³/mol. The lowest BCUT2D eigenvalue weighted by Crippen LogP contribution is -2.26. The summed E-state index contributed by atoms with van der Waals surface area (Å²) >= 11 is 0. The molecule has 0 amide bonds. The first kappa shape index (κ1) is 14.8. The van der Waals surface area contributed by atoms with Crippen molar-refractivity contribution in [1.82, 2.24) is 0 Å². The van der Waals surface area contributed by atoms with Gasteiger partial charge in [-0.15, -0.1) is 0 Å². The van der Waals surface area contributed by atoms with E-state index in [9.17, 15) is 4.39 Å². The number of rotatable bonds is 6. The molecule has 3 heteroatoms. The molecular formula is C15H25FN2. The summed E-state index contributed by atoms with van der Waals surface area (Å²) in [6, 6.07) is 5.66. The molecule has 102 valence electrons. The van der Waals surface area contributed by atoms with E-state index in [2.05, 4.69) is 33.0 Å². The molecule has 0 saturated carbocycles. The van der Waals surface area contributed by atoms with E-state index in [1.165, 1.54) is 0 Å². The number of halogens is 1. The lowest BCUT2D eigenvalue weighted by Gasteiger charge is -2.24. The van der Waals surface area contributed by atoms with Crippen LogP contribution < -0.4 is 10.2 Å². The topological polar surface area (TPSA) is 15.3 Å². The molecule has 0 aliphatic carbocycles. The van der Waals surface area contributed by atoms with Crippen LogP contribution in [0.15, 0.2) is 18.2 Å². The molecule has 0 bridgehead atoms. The maximum Gasteiger partial charge on any atom is 0.148 e. The van der Waals surface area contributed by atoms with Crippen LogP contribution in [-0.2, 0) is 0 Å². The lowest BCUT2D eigenvalue weighted by molar-refractivity contribution is 0.591. The summed E-state index contributed by atoms with van der Waals surface area (Å²) < 4.78 is 14.0. The van der Waals surface area contributed by atoms with Gasteiger partial charge in [0.2, 0.25) is 0 Å². The van der Waals surface area contributed by atoms with Crippen molar-refractivity contribution in [2.24, 2.45) is 5.92 Å². The Morgan fingerprint density at radius 1 is 1.28 bits per heavy atom. The zero-order chi connectivity index (χ0) is 13.7. The van der Waals surface area contributed by atoms with Crippen LogP contribution in [0.3, 0.4) is 0 Å². The number of hydrogen-bond donors (Lipinski definition) is 1. The molecule has 0 fully saturated rings. The van der Waals surface area contributed by atoms with E-state index in [1.807, 2.05) is 24.1 Å². The van der Waals surface area contributed by atoms with Gasteiger partial charge < -0.3 is 10.2 Å². The average molecular weight is 252 g/mol. The SMILES string of the molecule is CCC(C)CNc1ccc(N(C)C(C)C)c(F)c1. The second kappa shape index (κ2) is 6.62. The monoisotopic (exact) mass is 252 g/mol. The Bertz CT molecular complexity index is 377. The molecule has 1 aromatic rings. The highest BCUT2D eigenvalue weighted by molar-refractivity contribution is 5.56. The maximum absolute atomic E-state index is 14.0. The molecule has 2 nitrogen and oxygen atoms in total. The van der Waals surface area contributed by atoms with Crippen molar-refractivity contribution in [1.29, 1.82) is 0 Å². The molecule has 0 spiro atoms. The zero-order valence-electron chi connectivity index (χ0n) is 12.1. The molecule has 0 heterocycles. The standard InChI is InChI=1S/C15H25FN2/c1-6-12(4)10-17-13-7-8-15(14(16)9-13)18(5)11(2)3/h7-9,11-12,17H,6,10H2,1-5H3. The van der Waals surface area contributed by atoms with Crippen molar-refractivity contribution in [3.05, 3.63) is 24.0 Å². The van der Waals surface area contributed by atoms with Crippen LogP contribution in [0.4, 0.5) is 15.8 Å². The minimum atomic E-state index is -0.166. The van der Waals surface area contributed by atoms with Gasteiger partial charge in [-0.3, -0.25) is 0 Å². The van der Waals surface area contributed by atoms with Crippen LogP contribution in [0.25, 0.3) is 0 Å². The summed E-state index contributed by atoms with van der Waals surface area (Å²) in [4.78, 5) is 1.94. The van der Waals surface area contributed by atoms with Gasteiger partial charge in [-0.05, 0) is 38.0 Å². The third-order valence-electron chi connectivity index (χ3n) is 3.45. The fourth-order valence-electron chi connectivity index (χ4n) is 1.62. The second-order valence-electron chi connectivity index (χ2n) is 5.27. The van der Waals surface area contributed by atoms with E-state index in [0.717, 1.165) is 18.7 Å². The Hall–Kier alpha value is -1.25. The largest absolute Gasteiger partial charge is 0.385 e. The highest BCUT2D eigenvalue weighted by Crippen LogP contribution is 2.23. The van der Waals surface area contributed by atoms with Gasteiger partial charge in [0, 0.05) is 25.3 Å². The molecule has 1 unspecified atom stereocenters. The summed E-state index contributed by atoms with van der Waals surface area (Å²) in [7, 11) is 1.91. The third-order valence-corrected chi connectivity index (χ3v) is 3.45. The molecular weight excluding hydrogens is 227 g/mol. The average Bonchev–Trinajstić information content (AvgIpc) is 2.35. The summed E-state index contributed by atoms with van der Waals surface area (Å²) in [5.41, 5.74) is 1.51. The number of nitrogens with zero attached hydrogens (tertiary/aromatic N) is 1. The molecule has 1 N–H and O–H groups in total.